The Bertz CT molecular complexity index is 1220. The van der Waals surface area contributed by atoms with E-state index < -0.39 is 6.36 Å². The summed E-state index contributed by atoms with van der Waals surface area (Å²) in [6.45, 7) is 1.25. The molecule has 2 aromatic carbocycles. The zero-order valence-electron chi connectivity index (χ0n) is 19.3. The molecule has 36 heavy (non-hydrogen) atoms. The second kappa shape index (κ2) is 10.7. The fourth-order valence-corrected chi connectivity index (χ4v) is 4.24. The van der Waals surface area contributed by atoms with Gasteiger partial charge < -0.3 is 14.8 Å². The Labute approximate surface area is 206 Å². The number of nitrogens with one attached hydrogen (secondary N) is 1. The third-order valence-corrected chi connectivity index (χ3v) is 5.91. The van der Waals surface area contributed by atoms with Crippen LogP contribution in [0.25, 0.3) is 0 Å². The Hall–Kier alpha value is -4.10. The summed E-state index contributed by atoms with van der Waals surface area (Å²) in [4.78, 5) is 19.3. The first kappa shape index (κ1) is 25.0. The van der Waals surface area contributed by atoms with E-state index in [9.17, 15) is 18.0 Å². The van der Waals surface area contributed by atoms with Gasteiger partial charge in [-0.15, -0.1) is 13.2 Å². The minimum atomic E-state index is -4.79. The molecule has 1 aliphatic rings. The van der Waals surface area contributed by atoms with E-state index in [2.05, 4.69) is 26.0 Å². The number of nitriles is 1. The van der Waals surface area contributed by atoms with Crippen molar-refractivity contribution in [1.82, 2.24) is 15.2 Å². The molecule has 4 rings (SSSR count). The van der Waals surface area contributed by atoms with E-state index in [-0.39, 0.29) is 29.3 Å². The molecule has 3 aromatic rings. The Morgan fingerprint density at radius 3 is 2.39 bits per heavy atom. The van der Waals surface area contributed by atoms with Gasteiger partial charge in [0.15, 0.2) is 0 Å². The molecule has 0 bridgehead atoms. The predicted octanol–water partition coefficient (Wildman–Crippen LogP) is 4.45. The molecule has 1 fully saturated rings. The molecule has 0 spiro atoms. The average Bonchev–Trinajstić information content (AvgIpc) is 3.32. The third-order valence-electron chi connectivity index (χ3n) is 5.91. The maximum Gasteiger partial charge on any atom is 0.573 e. The van der Waals surface area contributed by atoms with Crippen molar-refractivity contribution in [2.24, 2.45) is 0 Å². The summed E-state index contributed by atoms with van der Waals surface area (Å²) in [5.41, 5.74) is 2.72. The molecule has 186 valence electrons. The number of pyridine rings is 1. The van der Waals surface area contributed by atoms with Crippen LogP contribution in [0.2, 0.25) is 0 Å². The number of likely N-dealkylation sites (tertiary alicyclic amines) is 1. The minimum absolute atomic E-state index is 0.156. The number of ether oxygens (including phenoxy) is 2. The fourth-order valence-electron chi connectivity index (χ4n) is 4.24. The largest absolute Gasteiger partial charge is 0.573 e. The van der Waals surface area contributed by atoms with Crippen LogP contribution in [0.3, 0.4) is 0 Å². The maximum atomic E-state index is 12.7. The highest BCUT2D eigenvalue weighted by Gasteiger charge is 2.32. The summed E-state index contributed by atoms with van der Waals surface area (Å²) < 4.78 is 46.1. The van der Waals surface area contributed by atoms with Crippen molar-refractivity contribution in [2.45, 2.75) is 24.9 Å². The van der Waals surface area contributed by atoms with Crippen molar-refractivity contribution in [1.29, 1.82) is 5.26 Å². The third kappa shape index (κ3) is 6.12. The van der Waals surface area contributed by atoms with Crippen molar-refractivity contribution in [3.63, 3.8) is 0 Å². The van der Waals surface area contributed by atoms with E-state index in [4.69, 9.17) is 10.00 Å². The van der Waals surface area contributed by atoms with Crippen molar-refractivity contribution < 1.29 is 27.4 Å². The Kier molecular flexibility index (Phi) is 7.41. The lowest BCUT2D eigenvalue weighted by Crippen LogP contribution is -2.38. The first-order valence-electron chi connectivity index (χ1n) is 11.2. The van der Waals surface area contributed by atoms with Gasteiger partial charge in [-0.3, -0.25) is 9.69 Å². The standard InChI is InChI=1S/C26H23F3N4O3/c1-35-23-11-8-20(15-31-23)24(18-4-2-17(14-30)3-5-18)33-13-12-21(16-33)32-25(34)19-6-9-22(10-7-19)36-26(27,28)29/h2-11,15,21,24H,12-13,16H2,1H3,(H,32,34)/t21?,24-/m1/s1. The van der Waals surface area contributed by atoms with E-state index in [0.717, 1.165) is 23.3 Å². The first-order valence-corrected chi connectivity index (χ1v) is 11.2. The van der Waals surface area contributed by atoms with Crippen molar-refractivity contribution in [3.05, 3.63) is 89.1 Å². The number of rotatable bonds is 7. The molecular formula is C26H23F3N4O3. The molecule has 1 aromatic heterocycles. The normalized spacial score (nSPS) is 16.7. The van der Waals surface area contributed by atoms with Gasteiger partial charge in [0.25, 0.3) is 5.91 Å². The average molecular weight is 496 g/mol. The van der Waals surface area contributed by atoms with Crippen molar-refractivity contribution in [3.8, 4) is 17.7 Å². The summed E-state index contributed by atoms with van der Waals surface area (Å²) in [5, 5.41) is 12.1. The number of amides is 1. The van der Waals surface area contributed by atoms with Crippen LogP contribution in [0.5, 0.6) is 11.6 Å². The van der Waals surface area contributed by atoms with Gasteiger partial charge >= 0.3 is 6.36 Å². The van der Waals surface area contributed by atoms with E-state index in [1.807, 2.05) is 18.2 Å². The van der Waals surface area contributed by atoms with Gasteiger partial charge in [-0.1, -0.05) is 18.2 Å². The quantitative estimate of drug-likeness (QED) is 0.520. The van der Waals surface area contributed by atoms with Gasteiger partial charge in [0.2, 0.25) is 5.88 Å². The van der Waals surface area contributed by atoms with Crippen LogP contribution >= 0.6 is 0 Å². The molecule has 1 aliphatic heterocycles. The van der Waals surface area contributed by atoms with Gasteiger partial charge in [0.1, 0.15) is 5.75 Å². The number of nitrogens with zero attached hydrogens (tertiary/aromatic N) is 3. The molecule has 0 radical (unpaired) electrons. The van der Waals surface area contributed by atoms with Crippen molar-refractivity contribution >= 4 is 5.91 Å². The number of hydrogen-bond donors (Lipinski definition) is 1. The fraction of sp³-hybridized carbons (Fsp3) is 0.269. The summed E-state index contributed by atoms with van der Waals surface area (Å²) >= 11 is 0. The molecule has 1 amide bonds. The molecule has 0 saturated carbocycles. The van der Waals surface area contributed by atoms with Crippen LogP contribution in [0.15, 0.2) is 66.9 Å². The van der Waals surface area contributed by atoms with E-state index >= 15 is 0 Å². The molecular weight excluding hydrogens is 473 g/mol. The molecule has 1 saturated heterocycles. The highest BCUT2D eigenvalue weighted by molar-refractivity contribution is 5.94. The number of carbonyl (C=O) groups excluding carboxylic acids is 1. The van der Waals surface area contributed by atoms with E-state index in [1.54, 1.807) is 31.5 Å². The zero-order valence-corrected chi connectivity index (χ0v) is 19.3. The van der Waals surface area contributed by atoms with E-state index in [0.29, 0.717) is 31.0 Å². The molecule has 7 nitrogen and oxygen atoms in total. The highest BCUT2D eigenvalue weighted by atomic mass is 19.4. The first-order chi connectivity index (χ1) is 17.3. The number of aromatic nitrogens is 1. The molecule has 10 heteroatoms. The lowest BCUT2D eigenvalue weighted by atomic mass is 9.97. The SMILES string of the molecule is COc1ccc([C@@H](c2ccc(C#N)cc2)N2CCC(NC(=O)c3ccc(OC(F)(F)F)cc3)C2)cn1. The number of alkyl halides is 3. The maximum absolute atomic E-state index is 12.7. The molecule has 0 aliphatic carbocycles. The second-order valence-electron chi connectivity index (χ2n) is 8.30. The number of carbonyl (C=O) groups is 1. The molecule has 2 heterocycles. The van der Waals surface area contributed by atoms with Gasteiger partial charge in [-0.05, 0) is 53.9 Å². The van der Waals surface area contributed by atoms with Crippen LogP contribution in [0.1, 0.15) is 39.5 Å². The molecule has 2 atom stereocenters. The zero-order chi connectivity index (χ0) is 25.7. The predicted molar refractivity (Wildman–Crippen MR) is 124 cm³/mol. The van der Waals surface area contributed by atoms with Crippen LogP contribution in [-0.4, -0.2) is 48.4 Å². The monoisotopic (exact) mass is 496 g/mol. The molecule has 1 N–H and O–H groups in total. The van der Waals surface area contributed by atoms with Gasteiger partial charge in [0, 0.05) is 37.0 Å². The van der Waals surface area contributed by atoms with Crippen LogP contribution in [-0.2, 0) is 0 Å². The van der Waals surface area contributed by atoms with Crippen LogP contribution in [0.4, 0.5) is 13.2 Å². The minimum Gasteiger partial charge on any atom is -0.481 e. The van der Waals surface area contributed by atoms with E-state index in [1.165, 1.54) is 12.1 Å². The van der Waals surface area contributed by atoms with Crippen LogP contribution in [0, 0.1) is 11.3 Å². The smallest absolute Gasteiger partial charge is 0.481 e. The number of methoxy groups -OCH3 is 1. The summed E-state index contributed by atoms with van der Waals surface area (Å²) in [6.07, 6.45) is -2.35. The Morgan fingerprint density at radius 2 is 1.81 bits per heavy atom. The lowest BCUT2D eigenvalue weighted by Gasteiger charge is -2.29. The summed E-state index contributed by atoms with van der Waals surface area (Å²) in [6, 6.07) is 17.7. The number of benzene rings is 2. The van der Waals surface area contributed by atoms with Gasteiger partial charge in [-0.25, -0.2) is 4.98 Å². The highest BCUT2D eigenvalue weighted by Crippen LogP contribution is 2.32. The number of hydrogen-bond acceptors (Lipinski definition) is 6. The number of halogens is 3. The van der Waals surface area contributed by atoms with Gasteiger partial charge in [0.05, 0.1) is 24.8 Å². The van der Waals surface area contributed by atoms with Crippen molar-refractivity contribution in [2.75, 3.05) is 20.2 Å². The Morgan fingerprint density at radius 1 is 1.11 bits per heavy atom. The summed E-state index contributed by atoms with van der Waals surface area (Å²) in [7, 11) is 1.55. The summed E-state index contributed by atoms with van der Waals surface area (Å²) in [5.74, 6) is -0.263. The second-order valence-corrected chi connectivity index (χ2v) is 8.30. The van der Waals surface area contributed by atoms with Gasteiger partial charge in [-0.2, -0.15) is 5.26 Å². The lowest BCUT2D eigenvalue weighted by molar-refractivity contribution is -0.274. The molecule has 1 unspecified atom stereocenters. The Balaban J connectivity index is 1.47. The van der Waals surface area contributed by atoms with Crippen LogP contribution < -0.4 is 14.8 Å². The topological polar surface area (TPSA) is 87.5 Å².